The van der Waals surface area contributed by atoms with Gasteiger partial charge in [-0.2, -0.15) is 0 Å². The van der Waals surface area contributed by atoms with Gasteiger partial charge in [0.05, 0.1) is 0 Å². The minimum atomic E-state index is -0.644. The molecule has 0 saturated carbocycles. The fraction of sp³-hybridized carbons (Fsp3) is 0.533. The van der Waals surface area contributed by atoms with Gasteiger partial charge in [-0.1, -0.05) is 32.3 Å². The Morgan fingerprint density at radius 3 is 2.61 bits per heavy atom. The zero-order chi connectivity index (χ0) is 13.8. The summed E-state index contributed by atoms with van der Waals surface area (Å²) >= 11 is 0. The van der Waals surface area contributed by atoms with E-state index in [4.69, 9.17) is 4.74 Å². The van der Waals surface area contributed by atoms with E-state index in [1.165, 1.54) is 13.0 Å². The highest BCUT2D eigenvalue weighted by molar-refractivity contribution is 5.66. The molecule has 0 heterocycles. The number of esters is 1. The van der Waals surface area contributed by atoms with Crippen molar-refractivity contribution in [3.05, 3.63) is 12.7 Å². The second-order valence-electron chi connectivity index (χ2n) is 3.82. The molecule has 18 heavy (non-hydrogen) atoms. The molecule has 0 radical (unpaired) electrons. The van der Waals surface area contributed by atoms with Crippen molar-refractivity contribution in [3.63, 3.8) is 0 Å². The molecule has 0 aromatic rings. The van der Waals surface area contributed by atoms with Crippen molar-refractivity contribution in [1.82, 2.24) is 0 Å². The molecule has 0 aliphatic carbocycles. The van der Waals surface area contributed by atoms with Crippen LogP contribution in [0.4, 0.5) is 0 Å². The van der Waals surface area contributed by atoms with Crippen LogP contribution >= 0.6 is 0 Å². The summed E-state index contributed by atoms with van der Waals surface area (Å²) in [6, 6.07) is 0. The van der Waals surface area contributed by atoms with Gasteiger partial charge in [0, 0.05) is 6.92 Å². The molecular formula is C15H20O3. The quantitative estimate of drug-likeness (QED) is 0.339. The third kappa shape index (κ3) is 9.51. The lowest BCUT2D eigenvalue weighted by Gasteiger charge is -2.03. The first-order chi connectivity index (χ1) is 8.60. The SMILES string of the molecule is C=C[C@@H](C#CC#C[C@@H](O)CCCCC)OC(C)=O. The van der Waals surface area contributed by atoms with E-state index in [0.717, 1.165) is 19.3 Å². The standard InChI is InChI=1S/C15H20O3/c1-4-6-7-10-14(17)11-8-9-12-15(5-2)18-13(3)16/h5,14-15,17H,2,4,6-7,10H2,1,3H3/t14-,15-/m0/s1. The van der Waals surface area contributed by atoms with Gasteiger partial charge in [0.25, 0.3) is 0 Å². The Morgan fingerprint density at radius 1 is 1.39 bits per heavy atom. The lowest BCUT2D eigenvalue weighted by atomic mass is 10.1. The molecule has 0 spiro atoms. The van der Waals surface area contributed by atoms with Crippen LogP contribution < -0.4 is 0 Å². The van der Waals surface area contributed by atoms with Gasteiger partial charge < -0.3 is 9.84 Å². The molecule has 3 nitrogen and oxygen atoms in total. The lowest BCUT2D eigenvalue weighted by Crippen LogP contribution is -2.10. The van der Waals surface area contributed by atoms with Gasteiger partial charge in [-0.05, 0) is 36.7 Å². The average molecular weight is 248 g/mol. The summed E-state index contributed by atoms with van der Waals surface area (Å²) in [5, 5.41) is 9.50. The van der Waals surface area contributed by atoms with Crippen LogP contribution in [0.15, 0.2) is 12.7 Å². The molecule has 0 aliphatic heterocycles. The van der Waals surface area contributed by atoms with E-state index < -0.39 is 18.2 Å². The molecule has 2 atom stereocenters. The molecule has 3 heteroatoms. The maximum Gasteiger partial charge on any atom is 0.304 e. The third-order valence-electron chi connectivity index (χ3n) is 2.10. The molecule has 0 bridgehead atoms. The van der Waals surface area contributed by atoms with Crippen LogP contribution in [0.5, 0.6) is 0 Å². The minimum absolute atomic E-state index is 0.415. The number of hydrogen-bond acceptors (Lipinski definition) is 3. The summed E-state index contributed by atoms with van der Waals surface area (Å²) in [6.45, 7) is 6.91. The summed E-state index contributed by atoms with van der Waals surface area (Å²) in [5.74, 6) is 9.94. The van der Waals surface area contributed by atoms with Gasteiger partial charge in [-0.15, -0.1) is 0 Å². The van der Waals surface area contributed by atoms with E-state index in [2.05, 4.69) is 37.2 Å². The summed E-state index contributed by atoms with van der Waals surface area (Å²) in [6.07, 6.45) is 3.97. The van der Waals surface area contributed by atoms with E-state index in [0.29, 0.717) is 6.42 Å². The Hall–Kier alpha value is -1.71. The molecule has 0 rings (SSSR count). The van der Waals surface area contributed by atoms with E-state index >= 15 is 0 Å². The molecule has 0 aromatic carbocycles. The average Bonchev–Trinajstić information content (AvgIpc) is 2.33. The van der Waals surface area contributed by atoms with Crippen LogP contribution in [0.25, 0.3) is 0 Å². The van der Waals surface area contributed by atoms with Gasteiger partial charge in [-0.25, -0.2) is 0 Å². The molecule has 1 N–H and O–H groups in total. The molecule has 98 valence electrons. The van der Waals surface area contributed by atoms with E-state index in [9.17, 15) is 9.90 Å². The Morgan fingerprint density at radius 2 is 2.06 bits per heavy atom. The van der Waals surface area contributed by atoms with Crippen molar-refractivity contribution in [2.75, 3.05) is 0 Å². The Balaban J connectivity index is 4.13. The van der Waals surface area contributed by atoms with Crippen molar-refractivity contribution in [3.8, 4) is 23.7 Å². The first-order valence-corrected chi connectivity index (χ1v) is 6.09. The molecule has 0 aromatic heterocycles. The number of carbonyl (C=O) groups excluding carboxylic acids is 1. The fourth-order valence-corrected chi connectivity index (χ4v) is 1.20. The van der Waals surface area contributed by atoms with Crippen molar-refractivity contribution < 1.29 is 14.6 Å². The predicted octanol–water partition coefficient (Wildman–Crippen LogP) is 2.05. The monoisotopic (exact) mass is 248 g/mol. The summed E-state index contributed by atoms with van der Waals surface area (Å²) < 4.78 is 4.83. The van der Waals surface area contributed by atoms with Crippen LogP contribution in [0.2, 0.25) is 0 Å². The van der Waals surface area contributed by atoms with Crippen molar-refractivity contribution in [1.29, 1.82) is 0 Å². The number of ether oxygens (including phenoxy) is 1. The Labute approximate surface area is 109 Å². The zero-order valence-corrected chi connectivity index (χ0v) is 11.0. The number of carbonyl (C=O) groups is 1. The van der Waals surface area contributed by atoms with Gasteiger partial charge in [0.2, 0.25) is 0 Å². The number of unbranched alkanes of at least 4 members (excludes halogenated alkanes) is 2. The van der Waals surface area contributed by atoms with Gasteiger partial charge in [0.15, 0.2) is 6.10 Å². The number of aliphatic hydroxyl groups is 1. The minimum Gasteiger partial charge on any atom is -0.445 e. The highest BCUT2D eigenvalue weighted by atomic mass is 16.5. The van der Waals surface area contributed by atoms with Crippen molar-refractivity contribution in [2.45, 2.75) is 51.7 Å². The summed E-state index contributed by atoms with van der Waals surface area (Å²) in [5.41, 5.74) is 0. The number of rotatable bonds is 6. The smallest absolute Gasteiger partial charge is 0.304 e. The molecule has 0 amide bonds. The van der Waals surface area contributed by atoms with E-state index in [1.54, 1.807) is 0 Å². The molecule has 0 aliphatic rings. The Kier molecular flexibility index (Phi) is 9.45. The zero-order valence-electron chi connectivity index (χ0n) is 11.0. The van der Waals surface area contributed by atoms with Crippen LogP contribution in [0, 0.1) is 23.7 Å². The predicted molar refractivity (Wildman–Crippen MR) is 71.5 cm³/mol. The van der Waals surface area contributed by atoms with Crippen LogP contribution in [-0.4, -0.2) is 23.3 Å². The maximum atomic E-state index is 10.7. The summed E-state index contributed by atoms with van der Waals surface area (Å²) in [4.78, 5) is 10.7. The second kappa shape index (κ2) is 10.4. The number of aliphatic hydroxyl groups excluding tert-OH is 1. The largest absolute Gasteiger partial charge is 0.445 e. The van der Waals surface area contributed by atoms with Crippen molar-refractivity contribution >= 4 is 5.97 Å². The van der Waals surface area contributed by atoms with Gasteiger partial charge in [-0.3, -0.25) is 4.79 Å². The highest BCUT2D eigenvalue weighted by Gasteiger charge is 2.01. The van der Waals surface area contributed by atoms with Crippen molar-refractivity contribution in [2.24, 2.45) is 0 Å². The number of hydrogen-bond donors (Lipinski definition) is 1. The third-order valence-corrected chi connectivity index (χ3v) is 2.10. The van der Waals surface area contributed by atoms with E-state index in [1.807, 2.05) is 0 Å². The van der Waals surface area contributed by atoms with Crippen LogP contribution in [0.1, 0.15) is 39.5 Å². The lowest BCUT2D eigenvalue weighted by molar-refractivity contribution is -0.142. The normalized spacial score (nSPS) is 12.2. The molecule has 0 fully saturated rings. The Bertz CT molecular complexity index is 376. The van der Waals surface area contributed by atoms with Gasteiger partial charge in [0.1, 0.15) is 6.10 Å². The topological polar surface area (TPSA) is 46.5 Å². The summed E-state index contributed by atoms with van der Waals surface area (Å²) in [7, 11) is 0. The van der Waals surface area contributed by atoms with Crippen LogP contribution in [0.3, 0.4) is 0 Å². The fourth-order valence-electron chi connectivity index (χ4n) is 1.20. The highest BCUT2D eigenvalue weighted by Crippen LogP contribution is 2.01. The molecular weight excluding hydrogens is 228 g/mol. The molecule has 0 saturated heterocycles. The van der Waals surface area contributed by atoms with Crippen LogP contribution in [-0.2, 0) is 9.53 Å². The van der Waals surface area contributed by atoms with Gasteiger partial charge >= 0.3 is 5.97 Å². The molecule has 0 unspecified atom stereocenters. The second-order valence-corrected chi connectivity index (χ2v) is 3.82. The van der Waals surface area contributed by atoms with E-state index in [-0.39, 0.29) is 0 Å². The first-order valence-electron chi connectivity index (χ1n) is 6.09. The maximum absolute atomic E-state index is 10.7. The first kappa shape index (κ1) is 16.3.